The van der Waals surface area contributed by atoms with Gasteiger partial charge in [-0.25, -0.2) is 0 Å². The van der Waals surface area contributed by atoms with Crippen LogP contribution in [0.15, 0.2) is 0 Å². The van der Waals surface area contributed by atoms with Gasteiger partial charge in [0.15, 0.2) is 0 Å². The molecule has 0 atom stereocenters. The number of rotatable bonds is 8. The number of nitrogens with one attached hydrogen (secondary N) is 1. The summed E-state index contributed by atoms with van der Waals surface area (Å²) in [5, 5.41) is 3.13. The van der Waals surface area contributed by atoms with E-state index in [0.717, 1.165) is 45.7 Å². The van der Waals surface area contributed by atoms with Crippen molar-refractivity contribution in [3.05, 3.63) is 0 Å². The van der Waals surface area contributed by atoms with Gasteiger partial charge in [-0.2, -0.15) is 11.8 Å². The SMILES string of the molecule is NC(=O)CSCCC(=O)NCC1(N2CCOCC2)CCCCC1. The number of ether oxygens (including phenoxy) is 1. The standard InChI is InChI=1S/C16H29N3O3S/c17-14(20)12-23-11-4-15(21)18-13-16(5-2-1-3-6-16)19-7-9-22-10-8-19/h1-13H2,(H2,17,20)(H,18,21). The Morgan fingerprint density at radius 1 is 1.17 bits per heavy atom. The van der Waals surface area contributed by atoms with E-state index < -0.39 is 0 Å². The van der Waals surface area contributed by atoms with Crippen LogP contribution >= 0.6 is 11.8 Å². The number of nitrogens with zero attached hydrogens (tertiary/aromatic N) is 1. The summed E-state index contributed by atoms with van der Waals surface area (Å²) in [6.45, 7) is 4.24. The van der Waals surface area contributed by atoms with Crippen molar-refractivity contribution in [3.8, 4) is 0 Å². The van der Waals surface area contributed by atoms with E-state index in [4.69, 9.17) is 10.5 Å². The second kappa shape index (κ2) is 9.49. The van der Waals surface area contributed by atoms with Crippen LogP contribution in [0.25, 0.3) is 0 Å². The Balaban J connectivity index is 1.78. The molecule has 1 heterocycles. The smallest absolute Gasteiger partial charge is 0.227 e. The van der Waals surface area contributed by atoms with E-state index >= 15 is 0 Å². The third-order valence-electron chi connectivity index (χ3n) is 4.80. The maximum absolute atomic E-state index is 12.1. The molecule has 1 saturated heterocycles. The van der Waals surface area contributed by atoms with Crippen molar-refractivity contribution < 1.29 is 14.3 Å². The summed E-state index contributed by atoms with van der Waals surface area (Å²) in [5.41, 5.74) is 5.20. The van der Waals surface area contributed by atoms with Crippen LogP contribution in [0, 0.1) is 0 Å². The molecule has 0 aromatic rings. The third-order valence-corrected chi connectivity index (χ3v) is 5.78. The van der Waals surface area contributed by atoms with Gasteiger partial charge in [-0.15, -0.1) is 0 Å². The topological polar surface area (TPSA) is 84.7 Å². The van der Waals surface area contributed by atoms with Gasteiger partial charge in [-0.3, -0.25) is 14.5 Å². The largest absolute Gasteiger partial charge is 0.379 e. The minimum Gasteiger partial charge on any atom is -0.379 e. The molecular formula is C16H29N3O3S. The number of carbonyl (C=O) groups excluding carboxylic acids is 2. The van der Waals surface area contributed by atoms with E-state index in [2.05, 4.69) is 10.2 Å². The predicted octanol–water partition coefficient (Wildman–Crippen LogP) is 0.746. The number of hydrogen-bond acceptors (Lipinski definition) is 5. The summed E-state index contributed by atoms with van der Waals surface area (Å²) >= 11 is 1.42. The first-order valence-electron chi connectivity index (χ1n) is 8.58. The average Bonchev–Trinajstić information content (AvgIpc) is 2.58. The van der Waals surface area contributed by atoms with Gasteiger partial charge in [-0.1, -0.05) is 19.3 Å². The fourth-order valence-electron chi connectivity index (χ4n) is 3.54. The van der Waals surface area contributed by atoms with Crippen LogP contribution in [-0.2, 0) is 14.3 Å². The van der Waals surface area contributed by atoms with E-state index in [9.17, 15) is 9.59 Å². The Morgan fingerprint density at radius 2 is 1.87 bits per heavy atom. The first kappa shape index (κ1) is 18.5. The maximum atomic E-state index is 12.1. The average molecular weight is 343 g/mol. The zero-order valence-electron chi connectivity index (χ0n) is 13.8. The molecule has 2 amide bonds. The zero-order valence-corrected chi connectivity index (χ0v) is 14.7. The molecule has 0 spiro atoms. The number of thioether (sulfide) groups is 1. The second-order valence-electron chi connectivity index (χ2n) is 6.43. The van der Waals surface area contributed by atoms with Gasteiger partial charge in [0.25, 0.3) is 0 Å². The molecule has 132 valence electrons. The van der Waals surface area contributed by atoms with Gasteiger partial charge >= 0.3 is 0 Å². The Kier molecular flexibility index (Phi) is 7.65. The fourth-order valence-corrected chi connectivity index (χ4v) is 4.22. The van der Waals surface area contributed by atoms with Crippen molar-refractivity contribution in [3.63, 3.8) is 0 Å². The third kappa shape index (κ3) is 5.97. The quantitative estimate of drug-likeness (QED) is 0.635. The number of hydrogen-bond donors (Lipinski definition) is 2. The minimum absolute atomic E-state index is 0.0696. The number of primary amides is 1. The molecule has 6 nitrogen and oxygen atoms in total. The van der Waals surface area contributed by atoms with Gasteiger partial charge in [-0.05, 0) is 12.8 Å². The first-order chi connectivity index (χ1) is 11.1. The molecule has 23 heavy (non-hydrogen) atoms. The molecule has 7 heteroatoms. The van der Waals surface area contributed by atoms with Crippen molar-refractivity contribution in [2.24, 2.45) is 5.73 Å². The molecule has 0 unspecified atom stereocenters. The summed E-state index contributed by atoms with van der Waals surface area (Å²) < 4.78 is 5.48. The summed E-state index contributed by atoms with van der Waals surface area (Å²) in [6, 6.07) is 0. The molecule has 0 aromatic carbocycles. The van der Waals surface area contributed by atoms with Gasteiger partial charge in [0.2, 0.25) is 11.8 Å². The highest BCUT2D eigenvalue weighted by molar-refractivity contribution is 7.99. The van der Waals surface area contributed by atoms with Crippen molar-refractivity contribution in [2.75, 3.05) is 44.4 Å². The highest BCUT2D eigenvalue weighted by atomic mass is 32.2. The van der Waals surface area contributed by atoms with Crippen LogP contribution in [0.3, 0.4) is 0 Å². The number of nitrogens with two attached hydrogens (primary N) is 1. The zero-order chi connectivity index (χ0) is 16.5. The Morgan fingerprint density at radius 3 is 2.52 bits per heavy atom. The van der Waals surface area contributed by atoms with Crippen molar-refractivity contribution >= 4 is 23.6 Å². The maximum Gasteiger partial charge on any atom is 0.227 e. The fraction of sp³-hybridized carbons (Fsp3) is 0.875. The minimum atomic E-state index is -0.330. The first-order valence-corrected chi connectivity index (χ1v) is 9.73. The van der Waals surface area contributed by atoms with E-state index in [1.54, 1.807) is 0 Å². The lowest BCUT2D eigenvalue weighted by molar-refractivity contribution is -0.122. The Labute approximate surface area is 142 Å². The summed E-state index contributed by atoms with van der Waals surface area (Å²) in [4.78, 5) is 25.3. The number of amides is 2. The second-order valence-corrected chi connectivity index (χ2v) is 7.54. The molecular weight excluding hydrogens is 314 g/mol. The van der Waals surface area contributed by atoms with Crippen LogP contribution in [0.5, 0.6) is 0 Å². The van der Waals surface area contributed by atoms with E-state index in [-0.39, 0.29) is 23.1 Å². The molecule has 2 rings (SSSR count). The van der Waals surface area contributed by atoms with Gasteiger partial charge in [0.05, 0.1) is 19.0 Å². The predicted molar refractivity (Wildman–Crippen MR) is 92.4 cm³/mol. The van der Waals surface area contributed by atoms with Crippen LogP contribution in [0.4, 0.5) is 0 Å². The molecule has 0 bridgehead atoms. The van der Waals surface area contributed by atoms with Gasteiger partial charge in [0, 0.05) is 37.3 Å². The highest BCUT2D eigenvalue weighted by Gasteiger charge is 2.38. The summed E-state index contributed by atoms with van der Waals surface area (Å²) in [7, 11) is 0. The number of morpholine rings is 1. The lowest BCUT2D eigenvalue weighted by Gasteiger charge is -2.48. The van der Waals surface area contributed by atoms with Gasteiger partial charge in [0.1, 0.15) is 0 Å². The lowest BCUT2D eigenvalue weighted by Crippen LogP contribution is -2.59. The Bertz CT molecular complexity index is 394. The molecule has 3 N–H and O–H groups in total. The molecule has 1 aliphatic carbocycles. The number of carbonyl (C=O) groups is 2. The molecule has 2 fully saturated rings. The van der Waals surface area contributed by atoms with Crippen LogP contribution in [-0.4, -0.2) is 66.6 Å². The van der Waals surface area contributed by atoms with Crippen LogP contribution in [0.1, 0.15) is 38.5 Å². The van der Waals surface area contributed by atoms with Crippen molar-refractivity contribution in [1.29, 1.82) is 0 Å². The van der Waals surface area contributed by atoms with Crippen LogP contribution < -0.4 is 11.1 Å². The van der Waals surface area contributed by atoms with E-state index in [0.29, 0.717) is 12.2 Å². The van der Waals surface area contributed by atoms with Crippen LogP contribution in [0.2, 0.25) is 0 Å². The van der Waals surface area contributed by atoms with Gasteiger partial charge < -0.3 is 15.8 Å². The lowest BCUT2D eigenvalue weighted by atomic mass is 9.79. The van der Waals surface area contributed by atoms with E-state index in [1.807, 2.05) is 0 Å². The highest BCUT2D eigenvalue weighted by Crippen LogP contribution is 2.33. The monoisotopic (exact) mass is 343 g/mol. The van der Waals surface area contributed by atoms with Crippen molar-refractivity contribution in [1.82, 2.24) is 10.2 Å². The molecule has 2 aliphatic rings. The molecule has 0 radical (unpaired) electrons. The Hall–Kier alpha value is -0.790. The summed E-state index contributed by atoms with van der Waals surface area (Å²) in [6.07, 6.45) is 6.53. The molecule has 1 aliphatic heterocycles. The normalized spacial score (nSPS) is 21.7. The molecule has 0 aromatic heterocycles. The van der Waals surface area contributed by atoms with Crippen molar-refractivity contribution in [2.45, 2.75) is 44.1 Å². The molecule has 1 saturated carbocycles. The van der Waals surface area contributed by atoms with E-state index in [1.165, 1.54) is 31.0 Å². The summed E-state index contributed by atoms with van der Waals surface area (Å²) in [5.74, 6) is 0.661.